The van der Waals surface area contributed by atoms with E-state index in [1.807, 2.05) is 24.3 Å². The molecule has 0 bridgehead atoms. The lowest BCUT2D eigenvalue weighted by Gasteiger charge is -2.07. The highest BCUT2D eigenvalue weighted by molar-refractivity contribution is 9.09. The number of nitrogens with zero attached hydrogens (tertiary/aromatic N) is 3. The van der Waals surface area contributed by atoms with Crippen LogP contribution in [-0.4, -0.2) is 12.4 Å². The SMILES string of the molecule is COc1ccc([C@@H](CBr)N=[N+]=[N-])cc1. The van der Waals surface area contributed by atoms with Crippen molar-refractivity contribution in [1.29, 1.82) is 0 Å². The summed E-state index contributed by atoms with van der Waals surface area (Å²) in [5.41, 5.74) is 9.32. The topological polar surface area (TPSA) is 58.0 Å². The monoisotopic (exact) mass is 255 g/mol. The van der Waals surface area contributed by atoms with E-state index >= 15 is 0 Å². The van der Waals surface area contributed by atoms with E-state index < -0.39 is 0 Å². The molecule has 5 heteroatoms. The Morgan fingerprint density at radius 1 is 1.50 bits per heavy atom. The summed E-state index contributed by atoms with van der Waals surface area (Å²) in [4.78, 5) is 2.79. The first-order valence-corrected chi connectivity index (χ1v) is 5.18. The smallest absolute Gasteiger partial charge is 0.118 e. The normalized spacial score (nSPS) is 11.6. The van der Waals surface area contributed by atoms with E-state index in [1.54, 1.807) is 7.11 Å². The summed E-state index contributed by atoms with van der Waals surface area (Å²) < 4.78 is 5.03. The van der Waals surface area contributed by atoms with Crippen LogP contribution < -0.4 is 4.74 Å². The number of benzene rings is 1. The summed E-state index contributed by atoms with van der Waals surface area (Å²) in [6.45, 7) is 0. The average Bonchev–Trinajstić information content (AvgIpc) is 2.26. The van der Waals surface area contributed by atoms with Gasteiger partial charge >= 0.3 is 0 Å². The largest absolute Gasteiger partial charge is 0.497 e. The van der Waals surface area contributed by atoms with Crippen LogP contribution in [0.2, 0.25) is 0 Å². The van der Waals surface area contributed by atoms with Crippen LogP contribution in [-0.2, 0) is 0 Å². The molecular weight excluding hydrogens is 246 g/mol. The van der Waals surface area contributed by atoms with Gasteiger partial charge in [-0.3, -0.25) is 0 Å². The molecule has 0 aliphatic heterocycles. The molecule has 0 unspecified atom stereocenters. The van der Waals surface area contributed by atoms with Crippen molar-refractivity contribution in [3.63, 3.8) is 0 Å². The minimum atomic E-state index is -0.161. The van der Waals surface area contributed by atoms with Crippen LogP contribution in [0.4, 0.5) is 0 Å². The average molecular weight is 256 g/mol. The molecule has 0 aliphatic carbocycles. The summed E-state index contributed by atoms with van der Waals surface area (Å²) >= 11 is 3.29. The highest BCUT2D eigenvalue weighted by Crippen LogP contribution is 2.22. The molecule has 1 atom stereocenters. The van der Waals surface area contributed by atoms with Gasteiger partial charge in [0.25, 0.3) is 0 Å². The fourth-order valence-electron chi connectivity index (χ4n) is 1.08. The molecule has 74 valence electrons. The molecule has 0 aliphatic rings. The number of rotatable bonds is 4. The highest BCUT2D eigenvalue weighted by atomic mass is 79.9. The molecule has 0 radical (unpaired) electrons. The predicted octanol–water partition coefficient (Wildman–Crippen LogP) is 3.44. The van der Waals surface area contributed by atoms with Gasteiger partial charge in [0.2, 0.25) is 0 Å². The zero-order chi connectivity index (χ0) is 10.4. The Morgan fingerprint density at radius 2 is 2.14 bits per heavy atom. The van der Waals surface area contributed by atoms with E-state index in [4.69, 9.17) is 10.3 Å². The van der Waals surface area contributed by atoms with Crippen LogP contribution in [0.15, 0.2) is 29.4 Å². The molecule has 0 heterocycles. The van der Waals surface area contributed by atoms with Gasteiger partial charge in [0.15, 0.2) is 0 Å². The van der Waals surface area contributed by atoms with Gasteiger partial charge in [-0.05, 0) is 23.2 Å². The van der Waals surface area contributed by atoms with Gasteiger partial charge in [-0.15, -0.1) is 0 Å². The van der Waals surface area contributed by atoms with Gasteiger partial charge in [0.1, 0.15) is 5.75 Å². The predicted molar refractivity (Wildman–Crippen MR) is 58.7 cm³/mol. The molecular formula is C9H10BrN3O. The molecule has 0 spiro atoms. The van der Waals surface area contributed by atoms with Crippen LogP contribution in [0.3, 0.4) is 0 Å². The van der Waals surface area contributed by atoms with Gasteiger partial charge in [-0.2, -0.15) is 0 Å². The van der Waals surface area contributed by atoms with E-state index in [2.05, 4.69) is 26.0 Å². The third-order valence-electron chi connectivity index (χ3n) is 1.84. The lowest BCUT2D eigenvalue weighted by Crippen LogP contribution is -1.95. The van der Waals surface area contributed by atoms with Crippen molar-refractivity contribution < 1.29 is 4.74 Å². The van der Waals surface area contributed by atoms with Gasteiger partial charge < -0.3 is 4.74 Å². The van der Waals surface area contributed by atoms with Gasteiger partial charge in [-0.1, -0.05) is 33.2 Å². The van der Waals surface area contributed by atoms with Crippen molar-refractivity contribution in [3.8, 4) is 5.75 Å². The summed E-state index contributed by atoms with van der Waals surface area (Å²) in [7, 11) is 1.62. The lowest BCUT2D eigenvalue weighted by atomic mass is 10.1. The van der Waals surface area contributed by atoms with Crippen molar-refractivity contribution in [2.45, 2.75) is 6.04 Å². The maximum absolute atomic E-state index is 8.34. The van der Waals surface area contributed by atoms with Gasteiger partial charge in [-0.25, -0.2) is 0 Å². The van der Waals surface area contributed by atoms with Crippen LogP contribution in [0.1, 0.15) is 11.6 Å². The third-order valence-corrected chi connectivity index (χ3v) is 2.45. The Hall–Kier alpha value is -1.19. The Kier molecular flexibility index (Phi) is 4.29. The molecule has 0 N–H and O–H groups in total. The van der Waals surface area contributed by atoms with Crippen molar-refractivity contribution in [3.05, 3.63) is 40.3 Å². The first kappa shape index (κ1) is 10.9. The summed E-state index contributed by atoms with van der Waals surface area (Å²) in [6.07, 6.45) is 0. The Bertz CT molecular complexity index is 332. The zero-order valence-electron chi connectivity index (χ0n) is 7.72. The maximum Gasteiger partial charge on any atom is 0.118 e. The zero-order valence-corrected chi connectivity index (χ0v) is 9.31. The van der Waals surface area contributed by atoms with Crippen LogP contribution >= 0.6 is 15.9 Å². The lowest BCUT2D eigenvalue weighted by molar-refractivity contribution is 0.414. The van der Waals surface area contributed by atoms with E-state index in [-0.39, 0.29) is 6.04 Å². The Labute approximate surface area is 90.6 Å². The second kappa shape index (κ2) is 5.52. The van der Waals surface area contributed by atoms with Gasteiger partial charge in [0, 0.05) is 10.2 Å². The van der Waals surface area contributed by atoms with Gasteiger partial charge in [0.05, 0.1) is 13.2 Å². The highest BCUT2D eigenvalue weighted by Gasteiger charge is 2.06. The van der Waals surface area contributed by atoms with Crippen molar-refractivity contribution in [1.82, 2.24) is 0 Å². The van der Waals surface area contributed by atoms with E-state index in [0.29, 0.717) is 5.33 Å². The number of hydrogen-bond donors (Lipinski definition) is 0. The van der Waals surface area contributed by atoms with E-state index in [9.17, 15) is 0 Å². The van der Waals surface area contributed by atoms with Crippen molar-refractivity contribution in [2.24, 2.45) is 5.11 Å². The molecule has 0 amide bonds. The third kappa shape index (κ3) is 2.65. The van der Waals surface area contributed by atoms with E-state index in [0.717, 1.165) is 11.3 Å². The van der Waals surface area contributed by atoms with Crippen molar-refractivity contribution in [2.75, 3.05) is 12.4 Å². The molecule has 1 aromatic carbocycles. The molecule has 0 aromatic heterocycles. The second-order valence-corrected chi connectivity index (χ2v) is 3.30. The van der Waals surface area contributed by atoms with E-state index in [1.165, 1.54) is 0 Å². The molecule has 0 fully saturated rings. The van der Waals surface area contributed by atoms with Crippen LogP contribution in [0.5, 0.6) is 5.75 Å². The number of azide groups is 1. The number of methoxy groups -OCH3 is 1. The Morgan fingerprint density at radius 3 is 2.57 bits per heavy atom. The maximum atomic E-state index is 8.34. The molecule has 0 saturated carbocycles. The molecule has 0 saturated heterocycles. The van der Waals surface area contributed by atoms with Crippen molar-refractivity contribution >= 4 is 15.9 Å². The fraction of sp³-hybridized carbons (Fsp3) is 0.333. The van der Waals surface area contributed by atoms with Crippen LogP contribution in [0, 0.1) is 0 Å². The Balaban J connectivity index is 2.88. The first-order chi connectivity index (χ1) is 6.81. The number of ether oxygens (including phenoxy) is 1. The molecule has 1 aromatic rings. The summed E-state index contributed by atoms with van der Waals surface area (Å²) in [5, 5.41) is 4.28. The standard InChI is InChI=1S/C9H10BrN3O/c1-14-8-4-2-7(3-5-8)9(6-10)12-13-11/h2-5,9H,6H2,1H3/t9-/m1/s1. The first-order valence-electron chi connectivity index (χ1n) is 4.06. The minimum Gasteiger partial charge on any atom is -0.497 e. The molecule has 1 rings (SSSR count). The molecule has 4 nitrogen and oxygen atoms in total. The van der Waals surface area contributed by atoms with Crippen LogP contribution in [0.25, 0.3) is 10.4 Å². The fourth-order valence-corrected chi connectivity index (χ4v) is 1.58. The molecule has 14 heavy (non-hydrogen) atoms. The number of hydrogen-bond acceptors (Lipinski definition) is 2. The summed E-state index contributed by atoms with van der Waals surface area (Å²) in [6, 6.07) is 7.31. The summed E-state index contributed by atoms with van der Waals surface area (Å²) in [5.74, 6) is 0.794. The second-order valence-electron chi connectivity index (χ2n) is 2.65. The number of alkyl halides is 1. The quantitative estimate of drug-likeness (QED) is 0.352. The minimum absolute atomic E-state index is 0.161. The number of halogens is 1.